The molecule has 1 heterocycles. The van der Waals surface area contributed by atoms with E-state index in [9.17, 15) is 0 Å². The molecule has 0 aromatic heterocycles. The van der Waals surface area contributed by atoms with Gasteiger partial charge in [-0.1, -0.05) is 54.6 Å². The molecule has 1 nitrogen and oxygen atoms in total. The lowest BCUT2D eigenvalue weighted by atomic mass is 9.98. The van der Waals surface area contributed by atoms with E-state index in [2.05, 4.69) is 84.0 Å². The molecule has 4 rings (SSSR count). The molecular weight excluding hydrogens is 310 g/mol. The fourth-order valence-electron chi connectivity index (χ4n) is 3.25. The molecule has 0 fully saturated rings. The minimum absolute atomic E-state index is 1.10. The van der Waals surface area contributed by atoms with Gasteiger partial charge < -0.3 is 4.31 Å². The van der Waals surface area contributed by atoms with Crippen molar-refractivity contribution in [2.75, 3.05) is 10.8 Å². The smallest absolute Gasteiger partial charge is 0.0511 e. The SMILES string of the molecule is Cc1cccc(SN2CCCc3ccc(-c4ccccc4)cc32)c1. The second kappa shape index (κ2) is 6.74. The molecule has 24 heavy (non-hydrogen) atoms. The van der Waals surface area contributed by atoms with Crippen LogP contribution in [-0.4, -0.2) is 6.54 Å². The van der Waals surface area contributed by atoms with Crippen LogP contribution in [-0.2, 0) is 6.42 Å². The van der Waals surface area contributed by atoms with E-state index in [0.717, 1.165) is 6.54 Å². The molecule has 0 radical (unpaired) electrons. The predicted octanol–water partition coefficient (Wildman–Crippen LogP) is 6.12. The number of benzene rings is 3. The zero-order chi connectivity index (χ0) is 16.4. The summed E-state index contributed by atoms with van der Waals surface area (Å²) in [6.45, 7) is 3.26. The molecule has 3 aromatic rings. The van der Waals surface area contributed by atoms with E-state index in [-0.39, 0.29) is 0 Å². The van der Waals surface area contributed by atoms with E-state index in [0.29, 0.717) is 0 Å². The predicted molar refractivity (Wildman–Crippen MR) is 105 cm³/mol. The van der Waals surface area contributed by atoms with Gasteiger partial charge in [0.25, 0.3) is 0 Å². The third-order valence-corrected chi connectivity index (χ3v) is 5.54. The molecule has 1 aliphatic rings. The minimum atomic E-state index is 1.10. The summed E-state index contributed by atoms with van der Waals surface area (Å²) >= 11 is 1.86. The summed E-state index contributed by atoms with van der Waals surface area (Å²) in [5.74, 6) is 0. The first-order valence-electron chi connectivity index (χ1n) is 8.50. The van der Waals surface area contributed by atoms with Crippen molar-refractivity contribution >= 4 is 17.6 Å². The van der Waals surface area contributed by atoms with Gasteiger partial charge in [-0.25, -0.2) is 0 Å². The van der Waals surface area contributed by atoms with Crippen LogP contribution in [0.1, 0.15) is 17.5 Å². The molecule has 0 saturated heterocycles. The van der Waals surface area contributed by atoms with Gasteiger partial charge in [0, 0.05) is 11.4 Å². The number of rotatable bonds is 3. The zero-order valence-electron chi connectivity index (χ0n) is 13.9. The Morgan fingerprint density at radius 3 is 2.54 bits per heavy atom. The standard InChI is InChI=1S/C22H21NS/c1-17-7-5-11-21(15-17)24-23-14-6-10-19-12-13-20(16-22(19)23)18-8-3-2-4-9-18/h2-5,7-9,11-13,15-16H,6,10,14H2,1H3. The average Bonchev–Trinajstić information content (AvgIpc) is 2.62. The van der Waals surface area contributed by atoms with E-state index in [1.807, 2.05) is 11.9 Å². The maximum absolute atomic E-state index is 2.46. The average molecular weight is 331 g/mol. The van der Waals surface area contributed by atoms with Crippen molar-refractivity contribution in [3.63, 3.8) is 0 Å². The van der Waals surface area contributed by atoms with Crippen molar-refractivity contribution < 1.29 is 0 Å². The summed E-state index contributed by atoms with van der Waals surface area (Å²) in [7, 11) is 0. The summed E-state index contributed by atoms with van der Waals surface area (Å²) in [5, 5.41) is 0. The Balaban J connectivity index is 1.68. The Labute approximate surface area is 148 Å². The van der Waals surface area contributed by atoms with Gasteiger partial charge in [0.2, 0.25) is 0 Å². The Bertz CT molecular complexity index is 842. The van der Waals surface area contributed by atoms with Gasteiger partial charge >= 0.3 is 0 Å². The lowest BCUT2D eigenvalue weighted by Gasteiger charge is -2.30. The van der Waals surface area contributed by atoms with E-state index in [1.165, 1.54) is 45.7 Å². The van der Waals surface area contributed by atoms with Crippen LogP contribution >= 0.6 is 11.9 Å². The maximum Gasteiger partial charge on any atom is 0.0511 e. The number of hydrogen-bond donors (Lipinski definition) is 0. The van der Waals surface area contributed by atoms with Gasteiger partial charge in [-0.05, 0) is 72.2 Å². The summed E-state index contributed by atoms with van der Waals surface area (Å²) in [4.78, 5) is 1.31. The van der Waals surface area contributed by atoms with Crippen LogP contribution in [0.15, 0.2) is 77.7 Å². The molecule has 2 heteroatoms. The molecule has 0 unspecified atom stereocenters. The number of nitrogens with zero attached hydrogens (tertiary/aromatic N) is 1. The first-order chi connectivity index (χ1) is 11.8. The van der Waals surface area contributed by atoms with Crippen LogP contribution in [0.5, 0.6) is 0 Å². The number of anilines is 1. The molecule has 0 aliphatic carbocycles. The summed E-state index contributed by atoms with van der Waals surface area (Å²) in [5.41, 5.74) is 6.72. The highest BCUT2D eigenvalue weighted by Crippen LogP contribution is 2.38. The third kappa shape index (κ3) is 3.20. The lowest BCUT2D eigenvalue weighted by Crippen LogP contribution is -2.22. The highest BCUT2D eigenvalue weighted by Gasteiger charge is 2.18. The maximum atomic E-state index is 2.46. The fourth-order valence-corrected chi connectivity index (χ4v) is 4.37. The summed E-state index contributed by atoms with van der Waals surface area (Å²) in [6, 6.07) is 26.3. The first kappa shape index (κ1) is 15.3. The first-order valence-corrected chi connectivity index (χ1v) is 9.27. The zero-order valence-corrected chi connectivity index (χ0v) is 14.7. The Kier molecular flexibility index (Phi) is 4.31. The molecule has 1 aliphatic heterocycles. The minimum Gasteiger partial charge on any atom is -0.312 e. The molecule has 120 valence electrons. The molecular formula is C22H21NS. The largest absolute Gasteiger partial charge is 0.312 e. The van der Waals surface area contributed by atoms with Crippen LogP contribution in [0.25, 0.3) is 11.1 Å². The van der Waals surface area contributed by atoms with Crippen molar-refractivity contribution in [2.45, 2.75) is 24.7 Å². The molecule has 0 atom stereocenters. The van der Waals surface area contributed by atoms with Gasteiger partial charge in [0.05, 0.1) is 5.69 Å². The third-order valence-electron chi connectivity index (χ3n) is 4.47. The van der Waals surface area contributed by atoms with Crippen LogP contribution in [0.4, 0.5) is 5.69 Å². The van der Waals surface area contributed by atoms with Crippen molar-refractivity contribution in [3.05, 3.63) is 83.9 Å². The van der Waals surface area contributed by atoms with Crippen molar-refractivity contribution in [1.82, 2.24) is 0 Å². The van der Waals surface area contributed by atoms with Crippen molar-refractivity contribution in [3.8, 4) is 11.1 Å². The van der Waals surface area contributed by atoms with Crippen LogP contribution < -0.4 is 4.31 Å². The number of fused-ring (bicyclic) bond motifs is 1. The van der Waals surface area contributed by atoms with E-state index in [1.54, 1.807) is 0 Å². The molecule has 3 aromatic carbocycles. The molecule has 0 amide bonds. The molecule has 0 N–H and O–H groups in total. The van der Waals surface area contributed by atoms with E-state index < -0.39 is 0 Å². The number of aryl methyl sites for hydroxylation is 2. The van der Waals surface area contributed by atoms with E-state index in [4.69, 9.17) is 0 Å². The Morgan fingerprint density at radius 2 is 1.71 bits per heavy atom. The van der Waals surface area contributed by atoms with Gasteiger partial charge in [-0.3, -0.25) is 0 Å². The summed E-state index contributed by atoms with van der Waals surface area (Å²) in [6.07, 6.45) is 2.39. The van der Waals surface area contributed by atoms with Gasteiger partial charge in [-0.15, -0.1) is 0 Å². The lowest BCUT2D eigenvalue weighted by molar-refractivity contribution is 0.795. The van der Waals surface area contributed by atoms with Crippen molar-refractivity contribution in [2.24, 2.45) is 0 Å². The van der Waals surface area contributed by atoms with Gasteiger partial charge in [0.1, 0.15) is 0 Å². The van der Waals surface area contributed by atoms with Crippen molar-refractivity contribution in [1.29, 1.82) is 0 Å². The second-order valence-electron chi connectivity index (χ2n) is 6.32. The summed E-state index contributed by atoms with van der Waals surface area (Å²) < 4.78 is 2.46. The molecule has 0 bridgehead atoms. The topological polar surface area (TPSA) is 3.24 Å². The normalized spacial score (nSPS) is 13.6. The van der Waals surface area contributed by atoms with Crippen LogP contribution in [0.2, 0.25) is 0 Å². The Hall–Kier alpha value is -2.19. The van der Waals surface area contributed by atoms with Gasteiger partial charge in [-0.2, -0.15) is 0 Å². The molecule has 0 spiro atoms. The van der Waals surface area contributed by atoms with Crippen LogP contribution in [0.3, 0.4) is 0 Å². The number of hydrogen-bond acceptors (Lipinski definition) is 2. The highest BCUT2D eigenvalue weighted by atomic mass is 32.2. The monoisotopic (exact) mass is 331 g/mol. The Morgan fingerprint density at radius 1 is 0.833 bits per heavy atom. The quantitative estimate of drug-likeness (QED) is 0.532. The highest BCUT2D eigenvalue weighted by molar-refractivity contribution is 8.00. The second-order valence-corrected chi connectivity index (χ2v) is 7.42. The molecule has 0 saturated carbocycles. The van der Waals surface area contributed by atoms with Gasteiger partial charge in [0.15, 0.2) is 0 Å². The van der Waals surface area contributed by atoms with Crippen LogP contribution in [0, 0.1) is 6.92 Å². The fraction of sp³-hybridized carbons (Fsp3) is 0.182. The van der Waals surface area contributed by atoms with E-state index >= 15 is 0 Å².